The van der Waals surface area contributed by atoms with Crippen LogP contribution < -0.4 is 5.32 Å². The Labute approximate surface area is 95.1 Å². The lowest BCUT2D eigenvalue weighted by Gasteiger charge is -2.15. The van der Waals surface area contributed by atoms with E-state index < -0.39 is 0 Å². The van der Waals surface area contributed by atoms with E-state index in [4.69, 9.17) is 0 Å². The summed E-state index contributed by atoms with van der Waals surface area (Å²) in [5, 5.41) is 3.34. The number of fused-ring (bicyclic) bond motifs is 1. The smallest absolute Gasteiger partial charge is 0.0955 e. The first kappa shape index (κ1) is 9.60. The van der Waals surface area contributed by atoms with E-state index in [-0.39, 0.29) is 0 Å². The molecule has 1 aromatic carbocycles. The topological polar surface area (TPSA) is 29.9 Å². The molecule has 16 heavy (non-hydrogen) atoms. The van der Waals surface area contributed by atoms with Crippen molar-refractivity contribution in [3.05, 3.63) is 53.6 Å². The maximum atomic E-state index is 4.45. The molecule has 3 rings (SSSR count). The van der Waals surface area contributed by atoms with Crippen LogP contribution in [0, 0.1) is 0 Å². The van der Waals surface area contributed by atoms with Gasteiger partial charge in [0.1, 0.15) is 0 Å². The minimum atomic E-state index is 0.914. The van der Waals surface area contributed by atoms with Crippen LogP contribution in [-0.4, -0.2) is 16.1 Å². The monoisotopic (exact) mass is 213 g/mol. The molecule has 3 nitrogen and oxygen atoms in total. The second-order valence-electron chi connectivity index (χ2n) is 4.18. The van der Waals surface area contributed by atoms with Gasteiger partial charge in [-0.25, -0.2) is 4.98 Å². The van der Waals surface area contributed by atoms with Gasteiger partial charge >= 0.3 is 0 Å². The highest BCUT2D eigenvalue weighted by Crippen LogP contribution is 2.14. The number of hydrogen-bond donors (Lipinski definition) is 1. The van der Waals surface area contributed by atoms with Crippen molar-refractivity contribution in [2.24, 2.45) is 0 Å². The molecular formula is C13H15N3. The first-order chi connectivity index (χ1) is 7.93. The van der Waals surface area contributed by atoms with E-state index in [0.29, 0.717) is 0 Å². The Hall–Kier alpha value is -1.61. The number of rotatable bonds is 2. The van der Waals surface area contributed by atoms with Crippen molar-refractivity contribution in [3.8, 4) is 0 Å². The van der Waals surface area contributed by atoms with E-state index in [1.807, 2.05) is 6.33 Å². The van der Waals surface area contributed by atoms with E-state index in [2.05, 4.69) is 45.2 Å². The normalized spacial score (nSPS) is 14.8. The summed E-state index contributed by atoms with van der Waals surface area (Å²) in [5.74, 6) is 0. The maximum Gasteiger partial charge on any atom is 0.0955 e. The molecule has 1 aromatic heterocycles. The summed E-state index contributed by atoms with van der Waals surface area (Å²) >= 11 is 0. The molecule has 1 N–H and O–H groups in total. The Morgan fingerprint density at radius 2 is 2.12 bits per heavy atom. The number of hydrogen-bond acceptors (Lipinski definition) is 2. The van der Waals surface area contributed by atoms with Gasteiger partial charge in [0.25, 0.3) is 0 Å². The highest BCUT2D eigenvalue weighted by Gasteiger charge is 2.14. The van der Waals surface area contributed by atoms with Gasteiger partial charge in [0, 0.05) is 31.7 Å². The van der Waals surface area contributed by atoms with E-state index in [9.17, 15) is 0 Å². The van der Waals surface area contributed by atoms with Crippen LogP contribution >= 0.6 is 0 Å². The van der Waals surface area contributed by atoms with E-state index in [1.54, 1.807) is 0 Å². The van der Waals surface area contributed by atoms with Gasteiger partial charge in [-0.1, -0.05) is 30.3 Å². The molecule has 0 radical (unpaired) electrons. The summed E-state index contributed by atoms with van der Waals surface area (Å²) in [6, 6.07) is 10.5. The van der Waals surface area contributed by atoms with Gasteiger partial charge in [0.15, 0.2) is 0 Å². The third-order valence-corrected chi connectivity index (χ3v) is 3.06. The minimum absolute atomic E-state index is 0.914. The van der Waals surface area contributed by atoms with Crippen molar-refractivity contribution < 1.29 is 0 Å². The minimum Gasteiger partial charge on any atom is -0.330 e. The zero-order valence-electron chi connectivity index (χ0n) is 9.19. The molecule has 3 heteroatoms. The Bertz CT molecular complexity index is 473. The summed E-state index contributed by atoms with van der Waals surface area (Å²) in [6.07, 6.45) is 3.05. The lowest BCUT2D eigenvalue weighted by atomic mass is 10.1. The zero-order valence-corrected chi connectivity index (χ0v) is 9.19. The molecule has 0 spiro atoms. The quantitative estimate of drug-likeness (QED) is 0.820. The standard InChI is InChI=1S/C13H15N3/c1-2-4-11(5-3-1)9-16-10-15-12-8-14-7-6-13(12)16/h1-5,10,14H,6-9H2. The molecule has 82 valence electrons. The van der Waals surface area contributed by atoms with Crippen LogP contribution in [0.5, 0.6) is 0 Å². The predicted octanol–water partition coefficient (Wildman–Crippen LogP) is 1.58. The molecule has 0 saturated carbocycles. The fourth-order valence-electron chi connectivity index (χ4n) is 2.21. The Balaban J connectivity index is 1.88. The Morgan fingerprint density at radius 1 is 1.25 bits per heavy atom. The van der Waals surface area contributed by atoms with Crippen molar-refractivity contribution in [3.63, 3.8) is 0 Å². The van der Waals surface area contributed by atoms with Gasteiger partial charge in [0.2, 0.25) is 0 Å². The molecular weight excluding hydrogens is 198 g/mol. The van der Waals surface area contributed by atoms with Gasteiger partial charge in [0.05, 0.1) is 12.0 Å². The van der Waals surface area contributed by atoms with Crippen LogP contribution in [0.4, 0.5) is 0 Å². The number of nitrogens with one attached hydrogen (secondary N) is 1. The molecule has 0 amide bonds. The van der Waals surface area contributed by atoms with Gasteiger partial charge in [-0.3, -0.25) is 0 Å². The van der Waals surface area contributed by atoms with Crippen molar-refractivity contribution in [2.75, 3.05) is 6.54 Å². The molecule has 1 aliphatic rings. The van der Waals surface area contributed by atoms with Crippen LogP contribution in [0.3, 0.4) is 0 Å². The molecule has 0 atom stereocenters. The number of aromatic nitrogens is 2. The lowest BCUT2D eigenvalue weighted by molar-refractivity contribution is 0.602. The number of benzene rings is 1. The molecule has 0 saturated heterocycles. The van der Waals surface area contributed by atoms with Crippen LogP contribution in [0.25, 0.3) is 0 Å². The van der Waals surface area contributed by atoms with Gasteiger partial charge in [-0.15, -0.1) is 0 Å². The summed E-state index contributed by atoms with van der Waals surface area (Å²) in [5.41, 5.74) is 3.94. The van der Waals surface area contributed by atoms with Crippen LogP contribution in [0.2, 0.25) is 0 Å². The van der Waals surface area contributed by atoms with E-state index in [0.717, 1.165) is 26.1 Å². The maximum absolute atomic E-state index is 4.45. The predicted molar refractivity (Wildman–Crippen MR) is 63.2 cm³/mol. The third-order valence-electron chi connectivity index (χ3n) is 3.06. The molecule has 1 aliphatic heterocycles. The average molecular weight is 213 g/mol. The van der Waals surface area contributed by atoms with Gasteiger partial charge in [-0.05, 0) is 5.56 Å². The highest BCUT2D eigenvalue weighted by atomic mass is 15.1. The van der Waals surface area contributed by atoms with Crippen molar-refractivity contribution >= 4 is 0 Å². The fraction of sp³-hybridized carbons (Fsp3) is 0.308. The van der Waals surface area contributed by atoms with Crippen molar-refractivity contribution in [1.82, 2.24) is 14.9 Å². The van der Waals surface area contributed by atoms with E-state index in [1.165, 1.54) is 17.0 Å². The van der Waals surface area contributed by atoms with Crippen LogP contribution in [0.15, 0.2) is 36.7 Å². The molecule has 0 aliphatic carbocycles. The second kappa shape index (κ2) is 4.10. The highest BCUT2D eigenvalue weighted by molar-refractivity contribution is 5.20. The van der Waals surface area contributed by atoms with Gasteiger partial charge < -0.3 is 9.88 Å². The Kier molecular flexibility index (Phi) is 2.46. The summed E-state index contributed by atoms with van der Waals surface area (Å²) in [6.45, 7) is 2.91. The molecule has 0 fully saturated rings. The first-order valence-electron chi connectivity index (χ1n) is 5.71. The molecule has 0 unspecified atom stereocenters. The summed E-state index contributed by atoms with van der Waals surface area (Å²) < 4.78 is 2.27. The molecule has 2 heterocycles. The number of nitrogens with zero attached hydrogens (tertiary/aromatic N) is 2. The number of imidazole rings is 1. The Morgan fingerprint density at radius 3 is 3.00 bits per heavy atom. The fourth-order valence-corrected chi connectivity index (χ4v) is 2.21. The molecule has 0 bridgehead atoms. The second-order valence-corrected chi connectivity index (χ2v) is 4.18. The third kappa shape index (κ3) is 1.74. The van der Waals surface area contributed by atoms with Gasteiger partial charge in [-0.2, -0.15) is 0 Å². The summed E-state index contributed by atoms with van der Waals surface area (Å²) in [4.78, 5) is 4.45. The largest absolute Gasteiger partial charge is 0.330 e. The van der Waals surface area contributed by atoms with Crippen LogP contribution in [0.1, 0.15) is 17.0 Å². The van der Waals surface area contributed by atoms with Crippen molar-refractivity contribution in [2.45, 2.75) is 19.5 Å². The van der Waals surface area contributed by atoms with Crippen molar-refractivity contribution in [1.29, 1.82) is 0 Å². The lowest BCUT2D eigenvalue weighted by Crippen LogP contribution is -2.25. The molecule has 2 aromatic rings. The average Bonchev–Trinajstić information content (AvgIpc) is 2.74. The first-order valence-corrected chi connectivity index (χ1v) is 5.71. The zero-order chi connectivity index (χ0) is 10.8. The van der Waals surface area contributed by atoms with E-state index >= 15 is 0 Å². The SMILES string of the molecule is c1ccc(Cn2cnc3c2CCNC3)cc1. The van der Waals surface area contributed by atoms with Crippen LogP contribution in [-0.2, 0) is 19.5 Å². The summed E-state index contributed by atoms with van der Waals surface area (Å²) in [7, 11) is 0.